The lowest BCUT2D eigenvalue weighted by Gasteiger charge is -2.11. The predicted octanol–water partition coefficient (Wildman–Crippen LogP) is 2.76. The molecule has 1 aromatic carbocycles. The summed E-state index contributed by atoms with van der Waals surface area (Å²) in [6.45, 7) is 6.15. The van der Waals surface area contributed by atoms with E-state index >= 15 is 0 Å². The Balaban J connectivity index is 2.39. The van der Waals surface area contributed by atoms with E-state index in [2.05, 4.69) is 5.10 Å². The molecule has 0 unspecified atom stereocenters. The average Bonchev–Trinajstić information content (AvgIpc) is 2.67. The highest BCUT2D eigenvalue weighted by molar-refractivity contribution is 5.94. The summed E-state index contributed by atoms with van der Waals surface area (Å²) in [4.78, 5) is 11.5. The molecule has 0 N–H and O–H groups in total. The molecular formula is C15H18N2O2. The molecule has 0 saturated heterocycles. The van der Waals surface area contributed by atoms with E-state index in [0.717, 1.165) is 22.7 Å². The molecule has 0 aliphatic rings. The van der Waals surface area contributed by atoms with Gasteiger partial charge in [0.15, 0.2) is 5.78 Å². The van der Waals surface area contributed by atoms with Crippen LogP contribution in [-0.2, 0) is 6.54 Å². The van der Waals surface area contributed by atoms with E-state index < -0.39 is 0 Å². The summed E-state index contributed by atoms with van der Waals surface area (Å²) in [7, 11) is 1.63. The molecule has 0 fully saturated rings. The molecule has 0 amide bonds. The van der Waals surface area contributed by atoms with Crippen LogP contribution >= 0.6 is 0 Å². The zero-order valence-electron chi connectivity index (χ0n) is 11.7. The van der Waals surface area contributed by atoms with E-state index in [1.54, 1.807) is 20.1 Å². The number of carbonyl (C=O) groups is 1. The number of aryl methyl sites for hydroxylation is 2. The van der Waals surface area contributed by atoms with Crippen molar-refractivity contribution in [1.82, 2.24) is 9.78 Å². The van der Waals surface area contributed by atoms with Crippen molar-refractivity contribution in [1.29, 1.82) is 0 Å². The molecule has 0 bridgehead atoms. The topological polar surface area (TPSA) is 44.1 Å². The number of benzene rings is 1. The van der Waals surface area contributed by atoms with Crippen LogP contribution in [0.25, 0.3) is 0 Å². The second-order valence-corrected chi connectivity index (χ2v) is 4.67. The van der Waals surface area contributed by atoms with Crippen LogP contribution in [-0.4, -0.2) is 22.7 Å². The van der Waals surface area contributed by atoms with Crippen LogP contribution in [0.1, 0.15) is 34.2 Å². The van der Waals surface area contributed by atoms with Crippen molar-refractivity contribution in [3.63, 3.8) is 0 Å². The van der Waals surface area contributed by atoms with Crippen LogP contribution in [0.15, 0.2) is 24.3 Å². The fraction of sp³-hybridized carbons (Fsp3) is 0.333. The first-order chi connectivity index (χ1) is 9.01. The summed E-state index contributed by atoms with van der Waals surface area (Å²) in [6, 6.07) is 7.52. The van der Waals surface area contributed by atoms with Crippen molar-refractivity contribution in [2.24, 2.45) is 0 Å². The standard InChI is InChI=1S/C15H18N2O2/c1-10-7-11(2)17(16-10)9-14-8-13(12(3)18)5-6-15(14)19-4/h5-8H,9H2,1-4H3. The van der Waals surface area contributed by atoms with Gasteiger partial charge in [-0.05, 0) is 45.0 Å². The van der Waals surface area contributed by atoms with Gasteiger partial charge in [0.25, 0.3) is 0 Å². The summed E-state index contributed by atoms with van der Waals surface area (Å²) in [5, 5.41) is 4.43. The summed E-state index contributed by atoms with van der Waals surface area (Å²) < 4.78 is 7.26. The zero-order valence-corrected chi connectivity index (χ0v) is 11.7. The lowest BCUT2D eigenvalue weighted by atomic mass is 10.1. The molecule has 0 aliphatic carbocycles. The molecule has 0 atom stereocenters. The number of nitrogens with zero attached hydrogens (tertiary/aromatic N) is 2. The van der Waals surface area contributed by atoms with Crippen LogP contribution in [0.4, 0.5) is 0 Å². The molecule has 0 radical (unpaired) electrons. The highest BCUT2D eigenvalue weighted by Crippen LogP contribution is 2.22. The van der Waals surface area contributed by atoms with Gasteiger partial charge in [0.1, 0.15) is 5.75 Å². The van der Waals surface area contributed by atoms with Gasteiger partial charge in [0.2, 0.25) is 0 Å². The molecule has 4 heteroatoms. The fourth-order valence-corrected chi connectivity index (χ4v) is 2.12. The Morgan fingerprint density at radius 2 is 2.05 bits per heavy atom. The number of ketones is 1. The van der Waals surface area contributed by atoms with Crippen LogP contribution < -0.4 is 4.74 Å². The number of hydrogen-bond acceptors (Lipinski definition) is 3. The van der Waals surface area contributed by atoms with Gasteiger partial charge in [-0.15, -0.1) is 0 Å². The first kappa shape index (κ1) is 13.3. The van der Waals surface area contributed by atoms with Crippen molar-refractivity contribution < 1.29 is 9.53 Å². The molecule has 0 saturated carbocycles. The van der Waals surface area contributed by atoms with E-state index in [1.807, 2.05) is 36.7 Å². The zero-order chi connectivity index (χ0) is 14.0. The van der Waals surface area contributed by atoms with Crippen LogP contribution in [0, 0.1) is 13.8 Å². The first-order valence-corrected chi connectivity index (χ1v) is 6.20. The summed E-state index contributed by atoms with van der Waals surface area (Å²) in [5.74, 6) is 0.829. The van der Waals surface area contributed by atoms with Gasteiger partial charge in [-0.1, -0.05) is 0 Å². The van der Waals surface area contributed by atoms with Crippen molar-refractivity contribution in [2.45, 2.75) is 27.3 Å². The molecule has 4 nitrogen and oxygen atoms in total. The van der Waals surface area contributed by atoms with Gasteiger partial charge in [-0.25, -0.2) is 0 Å². The van der Waals surface area contributed by atoms with Crippen LogP contribution in [0.3, 0.4) is 0 Å². The molecule has 2 rings (SSSR count). The molecule has 100 valence electrons. The molecule has 0 spiro atoms. The second kappa shape index (κ2) is 5.26. The Kier molecular flexibility index (Phi) is 3.69. The monoisotopic (exact) mass is 258 g/mol. The lowest BCUT2D eigenvalue weighted by Crippen LogP contribution is -2.06. The first-order valence-electron chi connectivity index (χ1n) is 6.20. The highest BCUT2D eigenvalue weighted by atomic mass is 16.5. The maximum Gasteiger partial charge on any atom is 0.159 e. The largest absolute Gasteiger partial charge is 0.496 e. The van der Waals surface area contributed by atoms with E-state index in [-0.39, 0.29) is 5.78 Å². The Morgan fingerprint density at radius 1 is 1.32 bits per heavy atom. The number of rotatable bonds is 4. The number of Topliss-reactive ketones (excluding diaryl/α,β-unsaturated/α-hetero) is 1. The third kappa shape index (κ3) is 2.84. The molecule has 2 aromatic rings. The van der Waals surface area contributed by atoms with E-state index in [1.165, 1.54) is 0 Å². The van der Waals surface area contributed by atoms with Gasteiger partial charge in [0.05, 0.1) is 19.3 Å². The third-order valence-electron chi connectivity index (χ3n) is 3.11. The molecule has 1 aromatic heterocycles. The minimum Gasteiger partial charge on any atom is -0.496 e. The lowest BCUT2D eigenvalue weighted by molar-refractivity contribution is 0.101. The van der Waals surface area contributed by atoms with Crippen LogP contribution in [0.2, 0.25) is 0 Å². The minimum atomic E-state index is 0.0530. The number of carbonyl (C=O) groups excluding carboxylic acids is 1. The molecular weight excluding hydrogens is 240 g/mol. The van der Waals surface area contributed by atoms with E-state index in [9.17, 15) is 4.79 Å². The predicted molar refractivity (Wildman–Crippen MR) is 73.8 cm³/mol. The summed E-state index contributed by atoms with van der Waals surface area (Å²) >= 11 is 0. The Labute approximate surface area is 113 Å². The normalized spacial score (nSPS) is 10.5. The van der Waals surface area contributed by atoms with E-state index in [4.69, 9.17) is 4.74 Å². The molecule has 0 aliphatic heterocycles. The van der Waals surface area contributed by atoms with Crippen molar-refractivity contribution in [3.8, 4) is 5.75 Å². The van der Waals surface area contributed by atoms with Gasteiger partial charge in [0, 0.05) is 16.8 Å². The maximum absolute atomic E-state index is 11.5. The van der Waals surface area contributed by atoms with Gasteiger partial charge in [-0.2, -0.15) is 5.10 Å². The fourth-order valence-electron chi connectivity index (χ4n) is 2.12. The van der Waals surface area contributed by atoms with Gasteiger partial charge >= 0.3 is 0 Å². The number of methoxy groups -OCH3 is 1. The molecule has 1 heterocycles. The molecule has 19 heavy (non-hydrogen) atoms. The average molecular weight is 258 g/mol. The number of hydrogen-bond donors (Lipinski definition) is 0. The Hall–Kier alpha value is -2.10. The SMILES string of the molecule is COc1ccc(C(C)=O)cc1Cn1nc(C)cc1C. The third-order valence-corrected chi connectivity index (χ3v) is 3.11. The smallest absolute Gasteiger partial charge is 0.159 e. The maximum atomic E-state index is 11.5. The quantitative estimate of drug-likeness (QED) is 0.792. The van der Waals surface area contributed by atoms with Crippen LogP contribution in [0.5, 0.6) is 5.75 Å². The number of ether oxygens (including phenoxy) is 1. The second-order valence-electron chi connectivity index (χ2n) is 4.67. The highest BCUT2D eigenvalue weighted by Gasteiger charge is 2.10. The Morgan fingerprint density at radius 3 is 2.58 bits per heavy atom. The Bertz CT molecular complexity index is 615. The van der Waals surface area contributed by atoms with Gasteiger partial charge in [-0.3, -0.25) is 9.48 Å². The van der Waals surface area contributed by atoms with Crippen molar-refractivity contribution in [2.75, 3.05) is 7.11 Å². The summed E-state index contributed by atoms with van der Waals surface area (Å²) in [6.07, 6.45) is 0. The number of aromatic nitrogens is 2. The van der Waals surface area contributed by atoms with Gasteiger partial charge < -0.3 is 4.74 Å². The van der Waals surface area contributed by atoms with Crippen molar-refractivity contribution >= 4 is 5.78 Å². The summed E-state index contributed by atoms with van der Waals surface area (Å²) in [5.41, 5.74) is 3.73. The van der Waals surface area contributed by atoms with E-state index in [0.29, 0.717) is 12.1 Å². The van der Waals surface area contributed by atoms with Crippen molar-refractivity contribution in [3.05, 3.63) is 46.8 Å². The minimum absolute atomic E-state index is 0.0530.